The van der Waals surface area contributed by atoms with Crippen LogP contribution >= 0.6 is 0 Å². The minimum atomic E-state index is -0.130. The molecule has 0 radical (unpaired) electrons. The summed E-state index contributed by atoms with van der Waals surface area (Å²) in [5.74, 6) is 5.68. The van der Waals surface area contributed by atoms with Crippen LogP contribution in [0.4, 0.5) is 0 Å². The Kier molecular flexibility index (Phi) is 5.57. The lowest BCUT2D eigenvalue weighted by Gasteiger charge is -2.37. The monoisotopic (exact) mass is 275 g/mol. The van der Waals surface area contributed by atoms with E-state index in [-0.39, 0.29) is 19.3 Å². The fraction of sp³-hybridized carbons (Fsp3) is 0.500. The third-order valence-corrected chi connectivity index (χ3v) is 3.53. The lowest BCUT2D eigenvalue weighted by Crippen LogP contribution is -2.48. The van der Waals surface area contributed by atoms with Crippen LogP contribution < -0.4 is 0 Å². The van der Waals surface area contributed by atoms with Gasteiger partial charge in [-0.15, -0.1) is 0 Å². The molecule has 2 unspecified atom stereocenters. The van der Waals surface area contributed by atoms with E-state index in [1.807, 2.05) is 18.2 Å². The molecule has 2 rings (SSSR count). The maximum absolute atomic E-state index is 9.23. The van der Waals surface area contributed by atoms with Gasteiger partial charge in [-0.25, -0.2) is 0 Å². The normalized spacial score (nSPS) is 23.1. The second-order valence-electron chi connectivity index (χ2n) is 5.03. The van der Waals surface area contributed by atoms with Crippen molar-refractivity contribution in [3.8, 4) is 11.8 Å². The Hall–Kier alpha value is -1.38. The van der Waals surface area contributed by atoms with E-state index in [0.29, 0.717) is 12.6 Å². The van der Waals surface area contributed by atoms with Crippen LogP contribution in [0.3, 0.4) is 0 Å². The highest BCUT2D eigenvalue weighted by atomic mass is 16.5. The molecule has 1 aliphatic rings. The van der Waals surface area contributed by atoms with E-state index in [4.69, 9.17) is 9.84 Å². The van der Waals surface area contributed by atoms with Crippen molar-refractivity contribution in [3.63, 3.8) is 0 Å². The van der Waals surface area contributed by atoms with E-state index < -0.39 is 0 Å². The number of hydrogen-bond donors (Lipinski definition) is 2. The molecule has 0 spiro atoms. The molecule has 1 fully saturated rings. The van der Waals surface area contributed by atoms with Crippen LogP contribution in [-0.2, 0) is 11.3 Å². The molecule has 1 aromatic carbocycles. The first kappa shape index (κ1) is 15.0. The van der Waals surface area contributed by atoms with Crippen LogP contribution in [0.5, 0.6) is 0 Å². The smallest absolute Gasteiger partial charge is 0.104 e. The van der Waals surface area contributed by atoms with E-state index in [1.54, 1.807) is 0 Å². The molecule has 0 aromatic heterocycles. The summed E-state index contributed by atoms with van der Waals surface area (Å²) in [7, 11) is 0. The SMILES string of the molecule is CC1COC(CO)CN1Cc1ccccc1C#CCO. The molecule has 0 bridgehead atoms. The average Bonchev–Trinajstić information content (AvgIpc) is 2.48. The van der Waals surface area contributed by atoms with E-state index in [2.05, 4.69) is 29.7 Å². The van der Waals surface area contributed by atoms with Gasteiger partial charge in [0.2, 0.25) is 0 Å². The number of ether oxygens (including phenoxy) is 1. The van der Waals surface area contributed by atoms with Gasteiger partial charge < -0.3 is 14.9 Å². The Morgan fingerprint density at radius 3 is 2.90 bits per heavy atom. The molecule has 108 valence electrons. The predicted octanol–water partition coefficient (Wildman–Crippen LogP) is 0.612. The topological polar surface area (TPSA) is 52.9 Å². The first-order chi connectivity index (χ1) is 9.74. The van der Waals surface area contributed by atoms with Gasteiger partial charge in [-0.05, 0) is 18.6 Å². The zero-order chi connectivity index (χ0) is 14.4. The molecule has 1 aliphatic heterocycles. The van der Waals surface area contributed by atoms with E-state index in [0.717, 1.165) is 24.2 Å². The molecule has 0 saturated carbocycles. The van der Waals surface area contributed by atoms with Crippen LogP contribution in [0.15, 0.2) is 24.3 Å². The fourth-order valence-corrected chi connectivity index (χ4v) is 2.34. The quantitative estimate of drug-likeness (QED) is 0.794. The highest BCUT2D eigenvalue weighted by Crippen LogP contribution is 2.17. The summed E-state index contributed by atoms with van der Waals surface area (Å²) in [6.45, 7) is 4.17. The van der Waals surface area contributed by atoms with Gasteiger partial charge in [-0.3, -0.25) is 4.90 Å². The zero-order valence-electron chi connectivity index (χ0n) is 11.7. The first-order valence-electron chi connectivity index (χ1n) is 6.88. The van der Waals surface area contributed by atoms with Gasteiger partial charge in [0.25, 0.3) is 0 Å². The molecule has 4 heteroatoms. The number of benzene rings is 1. The Labute approximate surface area is 120 Å². The highest BCUT2D eigenvalue weighted by molar-refractivity contribution is 5.41. The van der Waals surface area contributed by atoms with E-state index in [9.17, 15) is 5.11 Å². The summed E-state index contributed by atoms with van der Waals surface area (Å²) in [5.41, 5.74) is 2.08. The van der Waals surface area contributed by atoms with Gasteiger partial charge in [0, 0.05) is 24.7 Å². The number of rotatable bonds is 3. The average molecular weight is 275 g/mol. The van der Waals surface area contributed by atoms with Gasteiger partial charge in [0.1, 0.15) is 6.61 Å². The third-order valence-electron chi connectivity index (χ3n) is 3.53. The molecule has 20 heavy (non-hydrogen) atoms. The minimum absolute atomic E-state index is 0.0508. The molecule has 4 nitrogen and oxygen atoms in total. The Morgan fingerprint density at radius 1 is 1.35 bits per heavy atom. The fourth-order valence-electron chi connectivity index (χ4n) is 2.34. The summed E-state index contributed by atoms with van der Waals surface area (Å²) in [6.07, 6.45) is -0.109. The second kappa shape index (κ2) is 7.41. The van der Waals surface area contributed by atoms with Crippen molar-refractivity contribution in [2.24, 2.45) is 0 Å². The van der Waals surface area contributed by atoms with Gasteiger partial charge in [0.05, 0.1) is 19.3 Å². The maximum Gasteiger partial charge on any atom is 0.104 e. The predicted molar refractivity (Wildman–Crippen MR) is 77.1 cm³/mol. The summed E-state index contributed by atoms with van der Waals surface area (Å²) < 4.78 is 5.55. The van der Waals surface area contributed by atoms with Crippen LogP contribution in [0, 0.1) is 11.8 Å². The lowest BCUT2D eigenvalue weighted by molar-refractivity contribution is -0.0805. The third kappa shape index (κ3) is 3.81. The molecule has 2 N–H and O–H groups in total. The Morgan fingerprint density at radius 2 is 2.15 bits per heavy atom. The molecule has 1 saturated heterocycles. The lowest BCUT2D eigenvalue weighted by atomic mass is 10.1. The van der Waals surface area contributed by atoms with Crippen molar-refractivity contribution < 1.29 is 14.9 Å². The van der Waals surface area contributed by atoms with Gasteiger partial charge >= 0.3 is 0 Å². The number of morpholine rings is 1. The molecule has 0 amide bonds. The number of hydrogen-bond acceptors (Lipinski definition) is 4. The van der Waals surface area contributed by atoms with Gasteiger partial charge in [-0.1, -0.05) is 30.0 Å². The largest absolute Gasteiger partial charge is 0.394 e. The number of nitrogens with zero attached hydrogens (tertiary/aromatic N) is 1. The molecule has 0 aliphatic carbocycles. The van der Waals surface area contributed by atoms with Crippen molar-refractivity contribution in [1.29, 1.82) is 0 Å². The van der Waals surface area contributed by atoms with Gasteiger partial charge in [-0.2, -0.15) is 0 Å². The zero-order valence-corrected chi connectivity index (χ0v) is 11.7. The molecule has 2 atom stereocenters. The van der Waals surface area contributed by atoms with Crippen molar-refractivity contribution in [3.05, 3.63) is 35.4 Å². The number of aliphatic hydroxyl groups excluding tert-OH is 2. The minimum Gasteiger partial charge on any atom is -0.394 e. The van der Waals surface area contributed by atoms with Gasteiger partial charge in [0.15, 0.2) is 0 Å². The molecule has 1 aromatic rings. The van der Waals surface area contributed by atoms with Crippen molar-refractivity contribution in [1.82, 2.24) is 4.90 Å². The first-order valence-corrected chi connectivity index (χ1v) is 6.88. The van der Waals surface area contributed by atoms with Crippen molar-refractivity contribution >= 4 is 0 Å². The van der Waals surface area contributed by atoms with Crippen LogP contribution in [0.25, 0.3) is 0 Å². The van der Waals surface area contributed by atoms with Crippen molar-refractivity contribution in [2.45, 2.75) is 25.6 Å². The summed E-state index contributed by atoms with van der Waals surface area (Å²) in [5, 5.41) is 18.1. The second-order valence-corrected chi connectivity index (χ2v) is 5.03. The van der Waals surface area contributed by atoms with Crippen LogP contribution in [0.2, 0.25) is 0 Å². The summed E-state index contributed by atoms with van der Waals surface area (Å²) in [6, 6.07) is 8.28. The van der Waals surface area contributed by atoms with E-state index >= 15 is 0 Å². The van der Waals surface area contributed by atoms with Crippen molar-refractivity contribution in [2.75, 3.05) is 26.4 Å². The molecule has 1 heterocycles. The summed E-state index contributed by atoms with van der Waals surface area (Å²) in [4.78, 5) is 2.30. The van der Waals surface area contributed by atoms with Crippen LogP contribution in [-0.4, -0.2) is 53.6 Å². The highest BCUT2D eigenvalue weighted by Gasteiger charge is 2.25. The molecular formula is C16H21NO3. The Balaban J connectivity index is 2.12. The van der Waals surface area contributed by atoms with Crippen LogP contribution in [0.1, 0.15) is 18.1 Å². The summed E-state index contributed by atoms with van der Waals surface area (Å²) >= 11 is 0. The maximum atomic E-state index is 9.23. The standard InChI is InChI=1S/C16H21NO3/c1-13-12-20-16(11-19)10-17(13)9-15-6-3-2-5-14(15)7-4-8-18/h2-3,5-6,13,16,18-19H,8-12H2,1H3. The van der Waals surface area contributed by atoms with E-state index in [1.165, 1.54) is 0 Å². The molecular weight excluding hydrogens is 254 g/mol. The Bertz CT molecular complexity index is 492. The number of aliphatic hydroxyl groups is 2.